The number of rotatable bonds is 11. The minimum atomic E-state index is -0.174. The summed E-state index contributed by atoms with van der Waals surface area (Å²) in [5.41, 5.74) is 1.02. The van der Waals surface area contributed by atoms with Crippen molar-refractivity contribution in [2.24, 2.45) is 0 Å². The van der Waals surface area contributed by atoms with E-state index in [0.717, 1.165) is 42.4 Å². The highest BCUT2D eigenvalue weighted by Gasteiger charge is 2.06. The minimum absolute atomic E-state index is 0.174. The molecule has 1 N–H and O–H groups in total. The first-order valence-corrected chi connectivity index (χ1v) is 8.53. The molecule has 0 heterocycles. The zero-order valence-corrected chi connectivity index (χ0v) is 14.1. The highest BCUT2D eigenvalue weighted by atomic mass is 32.2. The van der Waals surface area contributed by atoms with Gasteiger partial charge in [-0.15, -0.1) is 11.8 Å². The summed E-state index contributed by atoms with van der Waals surface area (Å²) in [6.07, 6.45) is 0. The number of hydrogen-bond donors (Lipinski definition) is 1. The van der Waals surface area contributed by atoms with Crippen molar-refractivity contribution in [3.05, 3.63) is 29.6 Å². The van der Waals surface area contributed by atoms with E-state index in [4.69, 9.17) is 4.74 Å². The molecule has 120 valence electrons. The van der Waals surface area contributed by atoms with Gasteiger partial charge in [-0.25, -0.2) is 4.39 Å². The Morgan fingerprint density at radius 3 is 2.71 bits per heavy atom. The standard InChI is InChI=1S/C16H27FN2OS/c1-4-19(5-2)9-11-21-16-7-6-15(17)12-14(16)13-18-8-10-20-3/h6-7,12,18H,4-5,8-11,13H2,1-3H3. The van der Waals surface area contributed by atoms with Gasteiger partial charge < -0.3 is 15.0 Å². The third-order valence-electron chi connectivity index (χ3n) is 3.38. The van der Waals surface area contributed by atoms with Gasteiger partial charge in [0.1, 0.15) is 5.82 Å². The van der Waals surface area contributed by atoms with Crippen molar-refractivity contribution in [2.75, 3.05) is 45.6 Å². The average Bonchev–Trinajstić information content (AvgIpc) is 2.50. The van der Waals surface area contributed by atoms with Crippen molar-refractivity contribution in [1.29, 1.82) is 0 Å². The van der Waals surface area contributed by atoms with E-state index in [0.29, 0.717) is 13.2 Å². The Bertz CT molecular complexity index is 400. The fourth-order valence-corrected chi connectivity index (χ4v) is 3.10. The van der Waals surface area contributed by atoms with Crippen LogP contribution in [0.5, 0.6) is 0 Å². The van der Waals surface area contributed by atoms with Crippen LogP contribution in [0.3, 0.4) is 0 Å². The maximum atomic E-state index is 13.4. The van der Waals surface area contributed by atoms with Crippen LogP contribution in [0.15, 0.2) is 23.1 Å². The van der Waals surface area contributed by atoms with E-state index < -0.39 is 0 Å². The van der Waals surface area contributed by atoms with Gasteiger partial charge in [0.25, 0.3) is 0 Å². The zero-order valence-electron chi connectivity index (χ0n) is 13.3. The van der Waals surface area contributed by atoms with Crippen LogP contribution in [-0.2, 0) is 11.3 Å². The highest BCUT2D eigenvalue weighted by molar-refractivity contribution is 7.99. The molecule has 3 nitrogen and oxygen atoms in total. The third kappa shape index (κ3) is 7.27. The van der Waals surface area contributed by atoms with Gasteiger partial charge in [0.05, 0.1) is 6.61 Å². The number of ether oxygens (including phenoxy) is 1. The molecular formula is C16H27FN2OS. The van der Waals surface area contributed by atoms with E-state index in [1.807, 2.05) is 6.07 Å². The largest absolute Gasteiger partial charge is 0.383 e. The number of hydrogen-bond acceptors (Lipinski definition) is 4. The molecule has 1 aromatic rings. The van der Waals surface area contributed by atoms with Gasteiger partial charge in [0.2, 0.25) is 0 Å². The van der Waals surface area contributed by atoms with Crippen molar-refractivity contribution in [1.82, 2.24) is 10.2 Å². The van der Waals surface area contributed by atoms with Crippen LogP contribution in [0.2, 0.25) is 0 Å². The number of thioether (sulfide) groups is 1. The van der Waals surface area contributed by atoms with Gasteiger partial charge in [-0.3, -0.25) is 0 Å². The third-order valence-corrected chi connectivity index (χ3v) is 4.48. The molecule has 0 aliphatic carbocycles. The number of nitrogens with zero attached hydrogens (tertiary/aromatic N) is 1. The lowest BCUT2D eigenvalue weighted by atomic mass is 10.2. The number of benzene rings is 1. The molecular weight excluding hydrogens is 287 g/mol. The molecule has 0 unspecified atom stereocenters. The molecule has 1 aromatic carbocycles. The highest BCUT2D eigenvalue weighted by Crippen LogP contribution is 2.23. The molecule has 1 rings (SSSR count). The Hall–Kier alpha value is -0.620. The number of methoxy groups -OCH3 is 1. The fourth-order valence-electron chi connectivity index (χ4n) is 2.05. The van der Waals surface area contributed by atoms with Gasteiger partial charge in [0.15, 0.2) is 0 Å². The Morgan fingerprint density at radius 1 is 1.29 bits per heavy atom. The molecule has 0 spiro atoms. The minimum Gasteiger partial charge on any atom is -0.383 e. The predicted molar refractivity (Wildman–Crippen MR) is 88.5 cm³/mol. The Labute approximate surface area is 132 Å². The summed E-state index contributed by atoms with van der Waals surface area (Å²) in [4.78, 5) is 3.56. The Morgan fingerprint density at radius 2 is 2.05 bits per heavy atom. The summed E-state index contributed by atoms with van der Waals surface area (Å²) < 4.78 is 18.4. The lowest BCUT2D eigenvalue weighted by molar-refractivity contribution is 0.199. The summed E-state index contributed by atoms with van der Waals surface area (Å²) >= 11 is 1.80. The van der Waals surface area contributed by atoms with Crippen molar-refractivity contribution in [2.45, 2.75) is 25.3 Å². The maximum Gasteiger partial charge on any atom is 0.123 e. The summed E-state index contributed by atoms with van der Waals surface area (Å²) in [6, 6.07) is 5.05. The first-order chi connectivity index (χ1) is 10.2. The number of halogens is 1. The van der Waals surface area contributed by atoms with Crippen LogP contribution in [0.1, 0.15) is 19.4 Å². The Balaban J connectivity index is 2.51. The Kier molecular flexibility index (Phi) is 9.67. The first-order valence-electron chi connectivity index (χ1n) is 7.54. The molecule has 0 aromatic heterocycles. The van der Waals surface area contributed by atoms with E-state index in [9.17, 15) is 4.39 Å². The van der Waals surface area contributed by atoms with Crippen LogP contribution >= 0.6 is 11.8 Å². The monoisotopic (exact) mass is 314 g/mol. The summed E-state index contributed by atoms with van der Waals surface area (Å²) in [5.74, 6) is 0.852. The maximum absolute atomic E-state index is 13.4. The van der Waals surface area contributed by atoms with E-state index in [1.54, 1.807) is 31.0 Å². The summed E-state index contributed by atoms with van der Waals surface area (Å²) in [6.45, 7) is 9.68. The molecule has 0 saturated heterocycles. The van der Waals surface area contributed by atoms with Gasteiger partial charge in [0, 0.05) is 37.4 Å². The zero-order chi connectivity index (χ0) is 15.5. The predicted octanol–water partition coefficient (Wildman–Crippen LogP) is 3.00. The van der Waals surface area contributed by atoms with Crippen LogP contribution in [0.25, 0.3) is 0 Å². The van der Waals surface area contributed by atoms with Crippen LogP contribution < -0.4 is 5.32 Å². The molecule has 0 aliphatic heterocycles. The van der Waals surface area contributed by atoms with Crippen molar-refractivity contribution >= 4 is 11.8 Å². The molecule has 0 saturated carbocycles. The van der Waals surface area contributed by atoms with Crippen LogP contribution in [0, 0.1) is 5.82 Å². The smallest absolute Gasteiger partial charge is 0.123 e. The quantitative estimate of drug-likeness (QED) is 0.501. The summed E-state index contributed by atoms with van der Waals surface area (Å²) in [5, 5.41) is 3.28. The van der Waals surface area contributed by atoms with Crippen LogP contribution in [-0.4, -0.2) is 50.5 Å². The van der Waals surface area contributed by atoms with Gasteiger partial charge in [-0.1, -0.05) is 13.8 Å². The number of nitrogens with one attached hydrogen (secondary N) is 1. The lowest BCUT2D eigenvalue weighted by Crippen LogP contribution is -2.25. The fraction of sp³-hybridized carbons (Fsp3) is 0.625. The van der Waals surface area contributed by atoms with Gasteiger partial charge in [-0.05, 0) is 36.9 Å². The van der Waals surface area contributed by atoms with E-state index in [-0.39, 0.29) is 5.82 Å². The van der Waals surface area contributed by atoms with Gasteiger partial charge >= 0.3 is 0 Å². The normalized spacial score (nSPS) is 11.3. The average molecular weight is 314 g/mol. The second kappa shape index (κ2) is 11.0. The van der Waals surface area contributed by atoms with Crippen LogP contribution in [0.4, 0.5) is 4.39 Å². The molecule has 0 amide bonds. The van der Waals surface area contributed by atoms with E-state index >= 15 is 0 Å². The summed E-state index contributed by atoms with van der Waals surface area (Å²) in [7, 11) is 1.68. The molecule has 0 radical (unpaired) electrons. The molecule has 0 atom stereocenters. The van der Waals surface area contributed by atoms with Crippen molar-refractivity contribution in [3.63, 3.8) is 0 Å². The van der Waals surface area contributed by atoms with Gasteiger partial charge in [-0.2, -0.15) is 0 Å². The van der Waals surface area contributed by atoms with Crippen molar-refractivity contribution in [3.8, 4) is 0 Å². The SMILES string of the molecule is CCN(CC)CCSc1ccc(F)cc1CNCCOC. The molecule has 0 aliphatic rings. The van der Waals surface area contributed by atoms with E-state index in [1.165, 1.54) is 0 Å². The van der Waals surface area contributed by atoms with Crippen molar-refractivity contribution < 1.29 is 9.13 Å². The molecule has 0 bridgehead atoms. The second-order valence-corrected chi connectivity index (χ2v) is 5.93. The second-order valence-electron chi connectivity index (χ2n) is 4.80. The van der Waals surface area contributed by atoms with E-state index in [2.05, 4.69) is 24.1 Å². The molecule has 0 fully saturated rings. The molecule has 5 heteroatoms. The lowest BCUT2D eigenvalue weighted by Gasteiger charge is -2.18. The molecule has 21 heavy (non-hydrogen) atoms. The first kappa shape index (κ1) is 18.4. The topological polar surface area (TPSA) is 24.5 Å².